The molecule has 6 nitrogen and oxygen atoms in total. The van der Waals surface area contributed by atoms with Crippen molar-refractivity contribution in [2.75, 3.05) is 11.9 Å². The Morgan fingerprint density at radius 3 is 2.73 bits per heavy atom. The third kappa shape index (κ3) is 1.46. The molecule has 0 fully saturated rings. The summed E-state index contributed by atoms with van der Waals surface area (Å²) in [7, 11) is 0. The highest BCUT2D eigenvalue weighted by Crippen LogP contribution is 2.40. The van der Waals surface area contributed by atoms with Gasteiger partial charge in [0.2, 0.25) is 0 Å². The van der Waals surface area contributed by atoms with E-state index in [1.165, 1.54) is 0 Å². The first-order chi connectivity index (χ1) is 7.11. The van der Waals surface area contributed by atoms with E-state index >= 15 is 0 Å². The molecule has 0 saturated heterocycles. The van der Waals surface area contributed by atoms with Crippen molar-refractivity contribution < 1.29 is 9.59 Å². The number of hydrogen-bond acceptors (Lipinski definition) is 5. The van der Waals surface area contributed by atoms with Crippen LogP contribution >= 0.6 is 11.3 Å². The fraction of sp³-hybridized carbons (Fsp3) is 0.125. The molecule has 78 valence electrons. The number of thiophene rings is 1. The van der Waals surface area contributed by atoms with Crippen LogP contribution in [0.2, 0.25) is 0 Å². The minimum absolute atomic E-state index is 0.138. The lowest BCUT2D eigenvalue weighted by atomic mass is 10.2. The van der Waals surface area contributed by atoms with E-state index in [0.29, 0.717) is 17.2 Å². The Labute approximate surface area is 89.0 Å². The van der Waals surface area contributed by atoms with Gasteiger partial charge in [0.05, 0.1) is 17.8 Å². The van der Waals surface area contributed by atoms with Crippen LogP contribution in [0.3, 0.4) is 0 Å². The van der Waals surface area contributed by atoms with Crippen molar-refractivity contribution in [2.45, 2.75) is 0 Å². The second kappa shape index (κ2) is 3.35. The zero-order valence-corrected chi connectivity index (χ0v) is 8.43. The van der Waals surface area contributed by atoms with Gasteiger partial charge in [0.15, 0.2) is 0 Å². The summed E-state index contributed by atoms with van der Waals surface area (Å²) < 4.78 is 0. The fourth-order valence-corrected chi connectivity index (χ4v) is 2.36. The standard InChI is InChI=1S/C8H8N4O2S/c9-6(13)3-4-8(12-2-1-11-4)15-5(3)7(10)14/h2,11H,1H2,(H2,9,13)(H2,10,14). The fourth-order valence-electron chi connectivity index (χ4n) is 1.36. The van der Waals surface area contributed by atoms with Crippen LogP contribution in [-0.4, -0.2) is 24.6 Å². The second-order valence-corrected chi connectivity index (χ2v) is 3.91. The van der Waals surface area contributed by atoms with E-state index < -0.39 is 11.8 Å². The normalized spacial score (nSPS) is 13.1. The predicted molar refractivity (Wildman–Crippen MR) is 58.0 cm³/mol. The summed E-state index contributed by atoms with van der Waals surface area (Å²) in [6.07, 6.45) is 1.65. The Morgan fingerprint density at radius 1 is 1.40 bits per heavy atom. The number of anilines is 1. The molecule has 1 aliphatic rings. The van der Waals surface area contributed by atoms with E-state index in [2.05, 4.69) is 10.3 Å². The van der Waals surface area contributed by atoms with Crippen LogP contribution < -0.4 is 16.8 Å². The molecule has 0 aromatic carbocycles. The van der Waals surface area contributed by atoms with Crippen LogP contribution in [0.4, 0.5) is 10.7 Å². The van der Waals surface area contributed by atoms with Gasteiger partial charge in [0, 0.05) is 6.21 Å². The number of nitrogens with zero attached hydrogens (tertiary/aromatic N) is 1. The van der Waals surface area contributed by atoms with Crippen LogP contribution in [0, 0.1) is 0 Å². The largest absolute Gasteiger partial charge is 0.377 e. The molecule has 0 atom stereocenters. The number of amides is 2. The number of carbonyl (C=O) groups excluding carboxylic acids is 2. The SMILES string of the molecule is NC(=O)c1sc2c(c1C(N)=O)NCC=N2. The van der Waals surface area contributed by atoms with Crippen molar-refractivity contribution in [1.29, 1.82) is 0 Å². The molecule has 2 rings (SSSR count). The first kappa shape index (κ1) is 9.66. The van der Waals surface area contributed by atoms with E-state index in [4.69, 9.17) is 11.5 Å². The Bertz CT molecular complexity index is 477. The molecular formula is C8H8N4O2S. The number of nitrogens with two attached hydrogens (primary N) is 2. The highest BCUT2D eigenvalue weighted by molar-refractivity contribution is 7.19. The van der Waals surface area contributed by atoms with Gasteiger partial charge < -0.3 is 16.8 Å². The maximum Gasteiger partial charge on any atom is 0.259 e. The zero-order chi connectivity index (χ0) is 11.0. The first-order valence-electron chi connectivity index (χ1n) is 4.14. The van der Waals surface area contributed by atoms with Crippen LogP contribution in [0.1, 0.15) is 20.0 Å². The van der Waals surface area contributed by atoms with Crippen LogP contribution in [0.25, 0.3) is 0 Å². The Hall–Kier alpha value is -1.89. The van der Waals surface area contributed by atoms with Gasteiger partial charge in [-0.05, 0) is 0 Å². The molecule has 0 spiro atoms. The lowest BCUT2D eigenvalue weighted by molar-refractivity contribution is 0.0971. The molecule has 1 aromatic heterocycles. The molecule has 2 heterocycles. The van der Waals surface area contributed by atoms with Gasteiger partial charge in [-0.25, -0.2) is 4.99 Å². The summed E-state index contributed by atoms with van der Waals surface area (Å²) in [5.74, 6) is -1.34. The highest BCUT2D eigenvalue weighted by Gasteiger charge is 2.25. The van der Waals surface area contributed by atoms with Crippen molar-refractivity contribution in [2.24, 2.45) is 16.5 Å². The van der Waals surface area contributed by atoms with Crippen molar-refractivity contribution in [3.05, 3.63) is 10.4 Å². The summed E-state index contributed by atoms with van der Waals surface area (Å²) in [6, 6.07) is 0. The van der Waals surface area contributed by atoms with E-state index in [-0.39, 0.29) is 10.4 Å². The van der Waals surface area contributed by atoms with Gasteiger partial charge >= 0.3 is 0 Å². The molecule has 1 aliphatic heterocycles. The van der Waals surface area contributed by atoms with E-state index in [1.807, 2.05) is 0 Å². The monoisotopic (exact) mass is 224 g/mol. The predicted octanol–water partition coefficient (Wildman–Crippen LogP) is 0.0737. The molecule has 1 aromatic rings. The molecule has 7 heteroatoms. The lowest BCUT2D eigenvalue weighted by Gasteiger charge is -2.08. The smallest absolute Gasteiger partial charge is 0.259 e. The minimum atomic E-state index is -0.675. The summed E-state index contributed by atoms with van der Waals surface area (Å²) >= 11 is 1.06. The molecule has 2 amide bonds. The molecule has 0 bridgehead atoms. The molecule has 5 N–H and O–H groups in total. The number of hydrogen-bond donors (Lipinski definition) is 3. The number of fused-ring (bicyclic) bond motifs is 1. The first-order valence-corrected chi connectivity index (χ1v) is 4.95. The molecule has 15 heavy (non-hydrogen) atoms. The maximum atomic E-state index is 11.2. The minimum Gasteiger partial charge on any atom is -0.377 e. The lowest BCUT2D eigenvalue weighted by Crippen LogP contribution is -2.20. The van der Waals surface area contributed by atoms with Gasteiger partial charge in [-0.15, -0.1) is 11.3 Å². The zero-order valence-electron chi connectivity index (χ0n) is 7.61. The highest BCUT2D eigenvalue weighted by atomic mass is 32.1. The van der Waals surface area contributed by atoms with Crippen molar-refractivity contribution >= 4 is 40.1 Å². The Kier molecular flexibility index (Phi) is 2.16. The number of aliphatic imine (C=N–C) groups is 1. The van der Waals surface area contributed by atoms with Crippen LogP contribution in [0.15, 0.2) is 4.99 Å². The topological polar surface area (TPSA) is 111 Å². The van der Waals surface area contributed by atoms with Crippen molar-refractivity contribution in [3.63, 3.8) is 0 Å². The van der Waals surface area contributed by atoms with Gasteiger partial charge in [-0.2, -0.15) is 0 Å². The Morgan fingerprint density at radius 2 is 2.13 bits per heavy atom. The molecular weight excluding hydrogens is 216 g/mol. The maximum absolute atomic E-state index is 11.2. The van der Waals surface area contributed by atoms with Gasteiger partial charge in [0.25, 0.3) is 11.8 Å². The molecule has 0 saturated carbocycles. The summed E-state index contributed by atoms with van der Waals surface area (Å²) in [4.78, 5) is 26.5. The molecule has 0 aliphatic carbocycles. The van der Waals surface area contributed by atoms with E-state index in [9.17, 15) is 9.59 Å². The third-order valence-electron chi connectivity index (χ3n) is 1.94. The number of carbonyl (C=O) groups is 2. The summed E-state index contributed by atoms with van der Waals surface area (Å²) in [5.41, 5.74) is 11.0. The molecule has 0 radical (unpaired) electrons. The summed E-state index contributed by atoms with van der Waals surface area (Å²) in [6.45, 7) is 0.502. The van der Waals surface area contributed by atoms with Crippen molar-refractivity contribution in [3.8, 4) is 0 Å². The third-order valence-corrected chi connectivity index (χ3v) is 3.05. The van der Waals surface area contributed by atoms with Gasteiger partial charge in [-0.1, -0.05) is 0 Å². The average Bonchev–Trinajstić information content (AvgIpc) is 2.56. The van der Waals surface area contributed by atoms with Crippen molar-refractivity contribution in [1.82, 2.24) is 0 Å². The van der Waals surface area contributed by atoms with E-state index in [0.717, 1.165) is 11.3 Å². The number of primary amides is 2. The number of rotatable bonds is 2. The average molecular weight is 224 g/mol. The Balaban J connectivity index is 2.67. The van der Waals surface area contributed by atoms with Gasteiger partial charge in [-0.3, -0.25) is 9.59 Å². The van der Waals surface area contributed by atoms with Crippen LogP contribution in [0.5, 0.6) is 0 Å². The number of nitrogens with one attached hydrogen (secondary N) is 1. The van der Waals surface area contributed by atoms with E-state index in [1.54, 1.807) is 6.21 Å². The van der Waals surface area contributed by atoms with Gasteiger partial charge in [0.1, 0.15) is 9.88 Å². The quantitative estimate of drug-likeness (QED) is 0.661. The van der Waals surface area contributed by atoms with Crippen LogP contribution in [-0.2, 0) is 0 Å². The second-order valence-electron chi connectivity index (χ2n) is 2.91. The molecule has 0 unspecified atom stereocenters. The summed E-state index contributed by atoms with van der Waals surface area (Å²) in [5, 5.41) is 3.50.